The molecule has 90 valence electrons. The zero-order valence-corrected chi connectivity index (χ0v) is 11.6. The maximum Gasteiger partial charge on any atom is 0.0561 e. The van der Waals surface area contributed by atoms with E-state index >= 15 is 0 Å². The summed E-state index contributed by atoms with van der Waals surface area (Å²) in [5, 5.41) is 2.77. The minimum absolute atomic E-state index is 0.0118. The third-order valence-corrected chi connectivity index (χ3v) is 4.54. The number of hydrogen-bond acceptors (Lipinski definition) is 2. The van der Waals surface area contributed by atoms with Crippen molar-refractivity contribution in [2.24, 2.45) is 5.73 Å². The van der Waals surface area contributed by atoms with Crippen LogP contribution in [0, 0.1) is 13.8 Å². The molecule has 1 nitrogen and oxygen atoms in total. The third-order valence-electron chi connectivity index (χ3n) is 3.05. The molecule has 0 fully saturated rings. The van der Waals surface area contributed by atoms with Gasteiger partial charge in [-0.1, -0.05) is 29.8 Å². The Hall–Kier alpha value is -0.830. The molecule has 0 saturated carbocycles. The van der Waals surface area contributed by atoms with E-state index in [0.29, 0.717) is 0 Å². The summed E-state index contributed by atoms with van der Waals surface area (Å²) in [5.41, 5.74) is 10.2. The number of halogens is 1. The molecule has 0 aliphatic heterocycles. The van der Waals surface area contributed by atoms with Gasteiger partial charge >= 0.3 is 0 Å². The lowest BCUT2D eigenvalue weighted by molar-refractivity contribution is 0.730. The molecule has 3 heteroatoms. The predicted molar refractivity (Wildman–Crippen MR) is 75.9 cm³/mol. The summed E-state index contributed by atoms with van der Waals surface area (Å²) in [6.45, 7) is 4.26. The highest BCUT2D eigenvalue weighted by atomic mass is 35.5. The highest BCUT2D eigenvalue weighted by Gasteiger charge is 2.14. The molecular weight excluding hydrogens is 250 g/mol. The molecule has 0 aliphatic rings. The smallest absolute Gasteiger partial charge is 0.0561 e. The lowest BCUT2D eigenvalue weighted by atomic mass is 9.96. The number of rotatable bonds is 3. The lowest BCUT2D eigenvalue weighted by Gasteiger charge is -2.15. The summed E-state index contributed by atoms with van der Waals surface area (Å²) in [6, 6.07) is 8.24. The minimum atomic E-state index is -0.0118. The molecule has 0 amide bonds. The molecule has 0 spiro atoms. The van der Waals surface area contributed by atoms with Crippen LogP contribution in [0.3, 0.4) is 0 Å². The average Bonchev–Trinajstić information content (AvgIpc) is 2.70. The second-order valence-electron chi connectivity index (χ2n) is 4.31. The van der Waals surface area contributed by atoms with Gasteiger partial charge in [-0.2, -0.15) is 0 Å². The molecule has 1 atom stereocenters. The van der Waals surface area contributed by atoms with Crippen LogP contribution in [0.25, 0.3) is 0 Å². The monoisotopic (exact) mass is 265 g/mol. The van der Waals surface area contributed by atoms with Gasteiger partial charge in [0.15, 0.2) is 0 Å². The van der Waals surface area contributed by atoms with Gasteiger partial charge in [0.05, 0.1) is 5.02 Å². The Kier molecular flexibility index (Phi) is 3.87. The Morgan fingerprint density at radius 3 is 2.41 bits per heavy atom. The lowest BCUT2D eigenvalue weighted by Crippen LogP contribution is -2.13. The first-order chi connectivity index (χ1) is 8.09. The van der Waals surface area contributed by atoms with Crippen molar-refractivity contribution in [3.63, 3.8) is 0 Å². The van der Waals surface area contributed by atoms with Crippen molar-refractivity contribution in [2.45, 2.75) is 26.3 Å². The van der Waals surface area contributed by atoms with Crippen LogP contribution in [0.15, 0.2) is 29.6 Å². The van der Waals surface area contributed by atoms with Crippen LogP contribution in [0.5, 0.6) is 0 Å². The summed E-state index contributed by atoms with van der Waals surface area (Å²) < 4.78 is 0. The van der Waals surface area contributed by atoms with Crippen LogP contribution >= 0.6 is 22.9 Å². The Morgan fingerprint density at radius 1 is 1.24 bits per heavy atom. The van der Waals surface area contributed by atoms with Crippen LogP contribution in [0.2, 0.25) is 5.02 Å². The highest BCUT2D eigenvalue weighted by molar-refractivity contribution is 7.10. The van der Waals surface area contributed by atoms with Crippen LogP contribution in [0.4, 0.5) is 0 Å². The van der Waals surface area contributed by atoms with E-state index in [1.165, 1.54) is 16.7 Å². The zero-order chi connectivity index (χ0) is 12.4. The van der Waals surface area contributed by atoms with Gasteiger partial charge in [-0.15, -0.1) is 11.3 Å². The van der Waals surface area contributed by atoms with E-state index in [1.807, 2.05) is 11.4 Å². The van der Waals surface area contributed by atoms with Crippen LogP contribution in [-0.2, 0) is 6.42 Å². The van der Waals surface area contributed by atoms with Crippen molar-refractivity contribution >= 4 is 22.9 Å². The fourth-order valence-corrected chi connectivity index (χ4v) is 3.25. The molecule has 0 radical (unpaired) electrons. The summed E-state index contributed by atoms with van der Waals surface area (Å²) in [6.07, 6.45) is 0.846. The average molecular weight is 266 g/mol. The number of nitrogens with two attached hydrogens (primary N) is 1. The van der Waals surface area contributed by atoms with Crippen LogP contribution < -0.4 is 5.73 Å². The molecule has 17 heavy (non-hydrogen) atoms. The molecule has 1 aromatic heterocycles. The van der Waals surface area contributed by atoms with Gasteiger partial charge in [-0.25, -0.2) is 0 Å². The first kappa shape index (κ1) is 12.6. The quantitative estimate of drug-likeness (QED) is 0.882. The van der Waals surface area contributed by atoms with Gasteiger partial charge < -0.3 is 5.73 Å². The van der Waals surface area contributed by atoms with E-state index in [2.05, 4.69) is 32.0 Å². The van der Waals surface area contributed by atoms with E-state index in [4.69, 9.17) is 17.3 Å². The van der Waals surface area contributed by atoms with Crippen molar-refractivity contribution in [3.8, 4) is 0 Å². The Labute approximate surface area is 111 Å². The molecule has 0 saturated heterocycles. The van der Waals surface area contributed by atoms with Gasteiger partial charge in [0.2, 0.25) is 0 Å². The van der Waals surface area contributed by atoms with Crippen molar-refractivity contribution in [2.75, 3.05) is 0 Å². The molecule has 0 aliphatic carbocycles. The number of hydrogen-bond donors (Lipinski definition) is 1. The molecule has 1 unspecified atom stereocenters. The van der Waals surface area contributed by atoms with Gasteiger partial charge in [0.25, 0.3) is 0 Å². The van der Waals surface area contributed by atoms with Gasteiger partial charge in [-0.05, 0) is 48.4 Å². The number of aryl methyl sites for hydroxylation is 2. The minimum Gasteiger partial charge on any atom is -0.323 e. The van der Waals surface area contributed by atoms with Gasteiger partial charge in [0, 0.05) is 10.9 Å². The topological polar surface area (TPSA) is 26.0 Å². The highest BCUT2D eigenvalue weighted by Crippen LogP contribution is 2.30. The van der Waals surface area contributed by atoms with Crippen molar-refractivity contribution < 1.29 is 0 Å². The molecule has 0 bridgehead atoms. The standard InChI is InChI=1S/C14H16ClNS/c1-9-4-3-5-10(2)11(9)8-13(16)14-12(15)6-7-17-14/h3-7,13H,8,16H2,1-2H3. The van der Waals surface area contributed by atoms with Crippen molar-refractivity contribution in [1.29, 1.82) is 0 Å². The van der Waals surface area contributed by atoms with E-state index in [1.54, 1.807) is 11.3 Å². The Bertz CT molecular complexity index is 498. The normalized spacial score (nSPS) is 12.7. The van der Waals surface area contributed by atoms with Crippen LogP contribution in [-0.4, -0.2) is 0 Å². The number of thiophene rings is 1. The maximum atomic E-state index is 6.24. The SMILES string of the molecule is Cc1cccc(C)c1CC(N)c1sccc1Cl. The third kappa shape index (κ3) is 2.71. The fraction of sp³-hybridized carbons (Fsp3) is 0.286. The fourth-order valence-electron chi connectivity index (χ4n) is 2.05. The van der Waals surface area contributed by atoms with Crippen LogP contribution in [0.1, 0.15) is 27.6 Å². The predicted octanol–water partition coefficient (Wildman–Crippen LogP) is 4.26. The molecule has 1 aromatic carbocycles. The summed E-state index contributed by atoms with van der Waals surface area (Å²) in [7, 11) is 0. The molecule has 2 N–H and O–H groups in total. The molecule has 1 heterocycles. The molecule has 2 rings (SSSR count). The summed E-state index contributed by atoms with van der Waals surface area (Å²) in [4.78, 5) is 1.08. The van der Waals surface area contributed by atoms with E-state index in [0.717, 1.165) is 16.3 Å². The van der Waals surface area contributed by atoms with E-state index in [-0.39, 0.29) is 6.04 Å². The summed E-state index contributed by atoms with van der Waals surface area (Å²) in [5.74, 6) is 0. The maximum absolute atomic E-state index is 6.24. The Balaban J connectivity index is 2.25. The molecular formula is C14H16ClNS. The van der Waals surface area contributed by atoms with E-state index in [9.17, 15) is 0 Å². The number of benzene rings is 1. The zero-order valence-electron chi connectivity index (χ0n) is 10.0. The second-order valence-corrected chi connectivity index (χ2v) is 5.67. The summed E-state index contributed by atoms with van der Waals surface area (Å²) >= 11 is 7.74. The first-order valence-electron chi connectivity index (χ1n) is 5.63. The first-order valence-corrected chi connectivity index (χ1v) is 6.89. The Morgan fingerprint density at radius 2 is 1.88 bits per heavy atom. The largest absolute Gasteiger partial charge is 0.323 e. The van der Waals surface area contributed by atoms with E-state index < -0.39 is 0 Å². The van der Waals surface area contributed by atoms with Crippen molar-refractivity contribution in [1.82, 2.24) is 0 Å². The second kappa shape index (κ2) is 5.21. The van der Waals surface area contributed by atoms with Gasteiger partial charge in [0.1, 0.15) is 0 Å². The van der Waals surface area contributed by atoms with Gasteiger partial charge in [-0.3, -0.25) is 0 Å². The molecule has 2 aromatic rings. The van der Waals surface area contributed by atoms with Crippen molar-refractivity contribution in [3.05, 3.63) is 56.2 Å².